The van der Waals surface area contributed by atoms with Gasteiger partial charge in [-0.15, -0.1) is 0 Å². The Balaban J connectivity index is 2.13. The molecule has 2 nitrogen and oxygen atoms in total. The van der Waals surface area contributed by atoms with Gasteiger partial charge in [0, 0.05) is 6.04 Å². The zero-order chi connectivity index (χ0) is 11.9. The van der Waals surface area contributed by atoms with Gasteiger partial charge in [0.15, 0.2) is 0 Å². The molecule has 0 aliphatic heterocycles. The molecule has 1 fully saturated rings. The first-order valence-electron chi connectivity index (χ1n) is 5.48. The van der Waals surface area contributed by atoms with Crippen LogP contribution in [0.4, 0.5) is 4.39 Å². The Morgan fingerprint density at radius 3 is 2.69 bits per heavy atom. The molecule has 16 heavy (non-hydrogen) atoms. The minimum atomic E-state index is -0.418. The summed E-state index contributed by atoms with van der Waals surface area (Å²) in [6.07, 6.45) is 0.964. The molecule has 1 aliphatic carbocycles. The van der Waals surface area contributed by atoms with Gasteiger partial charge in [0.1, 0.15) is 5.82 Å². The highest BCUT2D eigenvalue weighted by Gasteiger charge is 2.46. The van der Waals surface area contributed by atoms with Gasteiger partial charge in [0.2, 0.25) is 0 Å². The van der Waals surface area contributed by atoms with Gasteiger partial charge in [-0.2, -0.15) is 0 Å². The summed E-state index contributed by atoms with van der Waals surface area (Å²) in [4.78, 5) is 11.8. The maximum atomic E-state index is 13.7. The van der Waals surface area contributed by atoms with E-state index < -0.39 is 5.82 Å². The van der Waals surface area contributed by atoms with Gasteiger partial charge in [0.25, 0.3) is 5.91 Å². The number of hydrogen-bond acceptors (Lipinski definition) is 1. The highest BCUT2D eigenvalue weighted by molar-refractivity contribution is 5.95. The SMILES string of the molecule is Cc1cccc(C(=O)NC2CC2(C)C)c1F. The van der Waals surface area contributed by atoms with Crippen LogP contribution in [0, 0.1) is 18.2 Å². The van der Waals surface area contributed by atoms with Crippen molar-refractivity contribution in [1.82, 2.24) is 5.32 Å². The summed E-state index contributed by atoms with van der Waals surface area (Å²) in [5, 5.41) is 2.85. The Morgan fingerprint density at radius 1 is 1.50 bits per heavy atom. The van der Waals surface area contributed by atoms with Crippen LogP contribution >= 0.6 is 0 Å². The molecular weight excluding hydrogens is 205 g/mol. The normalized spacial score (nSPS) is 21.6. The lowest BCUT2D eigenvalue weighted by molar-refractivity contribution is 0.0942. The molecule has 0 spiro atoms. The number of carbonyl (C=O) groups is 1. The molecule has 1 aliphatic rings. The molecule has 3 heteroatoms. The van der Waals surface area contributed by atoms with Crippen molar-refractivity contribution in [2.75, 3.05) is 0 Å². The van der Waals surface area contributed by atoms with E-state index in [0.29, 0.717) is 5.56 Å². The molecule has 1 saturated carbocycles. The lowest BCUT2D eigenvalue weighted by Crippen LogP contribution is -2.29. The van der Waals surface area contributed by atoms with Gasteiger partial charge in [-0.1, -0.05) is 26.0 Å². The summed E-state index contributed by atoms with van der Waals surface area (Å²) >= 11 is 0. The molecule has 86 valence electrons. The number of benzene rings is 1. The number of halogens is 1. The molecule has 2 rings (SSSR count). The fourth-order valence-electron chi connectivity index (χ4n) is 1.77. The van der Waals surface area contributed by atoms with Crippen molar-refractivity contribution >= 4 is 5.91 Å². The van der Waals surface area contributed by atoms with E-state index in [2.05, 4.69) is 19.2 Å². The summed E-state index contributed by atoms with van der Waals surface area (Å²) in [6, 6.07) is 5.06. The van der Waals surface area contributed by atoms with Crippen molar-refractivity contribution in [3.63, 3.8) is 0 Å². The van der Waals surface area contributed by atoms with Crippen LogP contribution < -0.4 is 5.32 Å². The number of hydrogen-bond donors (Lipinski definition) is 1. The lowest BCUT2D eigenvalue weighted by atomic mass is 10.1. The quantitative estimate of drug-likeness (QED) is 0.817. The molecule has 1 atom stereocenters. The van der Waals surface area contributed by atoms with Gasteiger partial charge < -0.3 is 5.32 Å². The lowest BCUT2D eigenvalue weighted by Gasteiger charge is -2.08. The van der Waals surface area contributed by atoms with E-state index in [0.717, 1.165) is 6.42 Å². The van der Waals surface area contributed by atoms with Crippen molar-refractivity contribution in [2.24, 2.45) is 5.41 Å². The molecule has 0 radical (unpaired) electrons. The average Bonchev–Trinajstić information content (AvgIpc) is 2.78. The van der Waals surface area contributed by atoms with Crippen LogP contribution in [-0.2, 0) is 0 Å². The molecule has 0 bridgehead atoms. The van der Waals surface area contributed by atoms with E-state index in [1.54, 1.807) is 19.1 Å². The predicted octanol–water partition coefficient (Wildman–Crippen LogP) is 2.66. The fourth-order valence-corrected chi connectivity index (χ4v) is 1.77. The van der Waals surface area contributed by atoms with Gasteiger partial charge in [-0.25, -0.2) is 4.39 Å². The first kappa shape index (κ1) is 11.1. The van der Waals surface area contributed by atoms with Crippen LogP contribution in [0.25, 0.3) is 0 Å². The maximum absolute atomic E-state index is 13.7. The van der Waals surface area contributed by atoms with Crippen LogP contribution in [-0.4, -0.2) is 11.9 Å². The fraction of sp³-hybridized carbons (Fsp3) is 0.462. The van der Waals surface area contributed by atoms with Crippen molar-refractivity contribution < 1.29 is 9.18 Å². The van der Waals surface area contributed by atoms with Gasteiger partial charge in [-0.3, -0.25) is 4.79 Å². The summed E-state index contributed by atoms with van der Waals surface area (Å²) in [5.74, 6) is -0.727. The third-order valence-corrected chi connectivity index (χ3v) is 3.26. The van der Waals surface area contributed by atoms with Crippen LogP contribution in [0.2, 0.25) is 0 Å². The Kier molecular flexibility index (Phi) is 2.49. The van der Waals surface area contributed by atoms with Crippen LogP contribution in [0.5, 0.6) is 0 Å². The average molecular weight is 221 g/mol. The highest BCUT2D eigenvalue weighted by atomic mass is 19.1. The molecule has 1 N–H and O–H groups in total. The number of amides is 1. The van der Waals surface area contributed by atoms with Crippen molar-refractivity contribution in [3.05, 3.63) is 35.1 Å². The van der Waals surface area contributed by atoms with Crippen LogP contribution in [0.1, 0.15) is 36.2 Å². The third-order valence-electron chi connectivity index (χ3n) is 3.26. The zero-order valence-electron chi connectivity index (χ0n) is 9.80. The first-order valence-corrected chi connectivity index (χ1v) is 5.48. The van der Waals surface area contributed by atoms with Crippen molar-refractivity contribution in [1.29, 1.82) is 0 Å². The van der Waals surface area contributed by atoms with Crippen LogP contribution in [0.3, 0.4) is 0 Å². The molecule has 1 unspecified atom stereocenters. The van der Waals surface area contributed by atoms with E-state index in [-0.39, 0.29) is 22.9 Å². The molecule has 1 aromatic carbocycles. The zero-order valence-corrected chi connectivity index (χ0v) is 9.80. The monoisotopic (exact) mass is 221 g/mol. The van der Waals surface area contributed by atoms with Gasteiger partial charge in [-0.05, 0) is 30.4 Å². The second-order valence-electron chi connectivity index (χ2n) is 5.16. The number of aryl methyl sites for hydroxylation is 1. The van der Waals surface area contributed by atoms with Crippen molar-refractivity contribution in [2.45, 2.75) is 33.2 Å². The Hall–Kier alpha value is -1.38. The second kappa shape index (κ2) is 3.58. The van der Waals surface area contributed by atoms with E-state index in [9.17, 15) is 9.18 Å². The van der Waals surface area contributed by atoms with Gasteiger partial charge in [0.05, 0.1) is 5.56 Å². The molecule has 0 saturated heterocycles. The molecule has 1 amide bonds. The third kappa shape index (κ3) is 1.94. The Labute approximate surface area is 94.9 Å². The minimum Gasteiger partial charge on any atom is -0.349 e. The summed E-state index contributed by atoms with van der Waals surface area (Å²) in [6.45, 7) is 5.84. The molecule has 0 aromatic heterocycles. The standard InChI is InChI=1S/C13H16FNO/c1-8-5-4-6-9(11(8)14)12(16)15-10-7-13(10,2)3/h4-6,10H,7H2,1-3H3,(H,15,16). The maximum Gasteiger partial charge on any atom is 0.254 e. The Morgan fingerprint density at radius 2 is 2.12 bits per heavy atom. The second-order valence-corrected chi connectivity index (χ2v) is 5.16. The first-order chi connectivity index (χ1) is 7.42. The molecule has 1 aromatic rings. The molecule has 0 heterocycles. The highest BCUT2D eigenvalue weighted by Crippen LogP contribution is 2.44. The van der Waals surface area contributed by atoms with E-state index in [1.807, 2.05) is 0 Å². The smallest absolute Gasteiger partial charge is 0.254 e. The van der Waals surface area contributed by atoms with E-state index in [4.69, 9.17) is 0 Å². The predicted molar refractivity (Wildman–Crippen MR) is 60.8 cm³/mol. The summed E-state index contributed by atoms with van der Waals surface area (Å²) in [7, 11) is 0. The number of carbonyl (C=O) groups excluding carboxylic acids is 1. The largest absolute Gasteiger partial charge is 0.349 e. The number of rotatable bonds is 2. The van der Waals surface area contributed by atoms with Gasteiger partial charge >= 0.3 is 0 Å². The van der Waals surface area contributed by atoms with E-state index >= 15 is 0 Å². The van der Waals surface area contributed by atoms with Crippen molar-refractivity contribution in [3.8, 4) is 0 Å². The summed E-state index contributed by atoms with van der Waals surface area (Å²) < 4.78 is 13.7. The van der Waals surface area contributed by atoms with Crippen LogP contribution in [0.15, 0.2) is 18.2 Å². The Bertz CT molecular complexity index is 440. The number of nitrogens with one attached hydrogen (secondary N) is 1. The minimum absolute atomic E-state index is 0.141. The topological polar surface area (TPSA) is 29.1 Å². The van der Waals surface area contributed by atoms with E-state index in [1.165, 1.54) is 6.07 Å². The molecular formula is C13H16FNO. The summed E-state index contributed by atoms with van der Waals surface area (Å²) in [5.41, 5.74) is 0.807.